The number of likely N-dealkylation sites (tertiary alicyclic amines) is 1. The Hall–Kier alpha value is -4.21. The minimum atomic E-state index is -0.216. The maximum Gasteiger partial charge on any atom is 0.253 e. The molecule has 0 aliphatic carbocycles. The number of ether oxygens (including phenoxy) is 1. The first-order valence-electron chi connectivity index (χ1n) is 16.4. The average molecular weight is 626 g/mol. The normalized spacial score (nSPS) is 15.9. The summed E-state index contributed by atoms with van der Waals surface area (Å²) in [4.78, 5) is 48.2. The van der Waals surface area contributed by atoms with Crippen molar-refractivity contribution in [3.05, 3.63) is 99.0 Å². The maximum atomic E-state index is 13.9. The van der Waals surface area contributed by atoms with E-state index in [2.05, 4.69) is 63.9 Å². The van der Waals surface area contributed by atoms with E-state index in [1.165, 1.54) is 11.6 Å². The van der Waals surface area contributed by atoms with Crippen LogP contribution in [-0.2, 0) is 22.6 Å². The fourth-order valence-corrected chi connectivity index (χ4v) is 6.74. The van der Waals surface area contributed by atoms with Crippen LogP contribution in [0.2, 0.25) is 0 Å². The summed E-state index contributed by atoms with van der Waals surface area (Å²) in [5.74, 6) is -0.246. The molecule has 244 valence electrons. The molecule has 46 heavy (non-hydrogen) atoms. The van der Waals surface area contributed by atoms with Gasteiger partial charge in [-0.2, -0.15) is 0 Å². The molecular formula is C37H47N5O4. The smallest absolute Gasteiger partial charge is 0.253 e. The van der Waals surface area contributed by atoms with Gasteiger partial charge in [0.05, 0.1) is 13.2 Å². The standard InChI is InChI=1S/C37H47N5O4/c1-6-35(43)41-14-12-31(13-15-41)42(7-2)34-22-30(29-10-8-28(9-11-29)24-40-16-18-46-19-17-40)21-32(27(34)5)36(44)38-23-33-25(3)20-26(4)39-37(33)45/h6,8-11,20-22,31H,1,7,12-19,23-24H2,2-5H3,(H,38,44)(H,39,45). The molecule has 2 fully saturated rings. The van der Waals surface area contributed by atoms with Gasteiger partial charge in [-0.3, -0.25) is 19.3 Å². The van der Waals surface area contributed by atoms with Crippen LogP contribution in [0, 0.1) is 20.8 Å². The van der Waals surface area contributed by atoms with Crippen LogP contribution in [0.25, 0.3) is 11.1 Å². The number of carbonyl (C=O) groups excluding carboxylic acids is 2. The average Bonchev–Trinajstić information content (AvgIpc) is 3.06. The number of hydrogen-bond donors (Lipinski definition) is 2. The first-order chi connectivity index (χ1) is 22.2. The van der Waals surface area contributed by atoms with Crippen LogP contribution in [0.5, 0.6) is 0 Å². The molecule has 3 aromatic rings. The van der Waals surface area contributed by atoms with Gasteiger partial charge in [0.15, 0.2) is 0 Å². The molecule has 0 saturated carbocycles. The number of nitrogens with one attached hydrogen (secondary N) is 2. The Kier molecular flexibility index (Phi) is 10.8. The molecule has 0 unspecified atom stereocenters. The fraction of sp³-hybridized carbons (Fsp3) is 0.432. The third-order valence-corrected chi connectivity index (χ3v) is 9.38. The monoisotopic (exact) mass is 625 g/mol. The van der Waals surface area contributed by atoms with Gasteiger partial charge >= 0.3 is 0 Å². The number of hydrogen-bond acceptors (Lipinski definition) is 6. The summed E-state index contributed by atoms with van der Waals surface area (Å²) in [6.45, 7) is 18.1. The highest BCUT2D eigenvalue weighted by Crippen LogP contribution is 2.34. The number of nitrogens with zero attached hydrogens (tertiary/aromatic N) is 3. The largest absolute Gasteiger partial charge is 0.379 e. The van der Waals surface area contributed by atoms with E-state index in [9.17, 15) is 14.4 Å². The Morgan fingerprint density at radius 3 is 2.35 bits per heavy atom. The van der Waals surface area contributed by atoms with Crippen LogP contribution < -0.4 is 15.8 Å². The van der Waals surface area contributed by atoms with Crippen molar-refractivity contribution in [3.8, 4) is 11.1 Å². The molecule has 2 amide bonds. The van der Waals surface area contributed by atoms with Gasteiger partial charge in [0.25, 0.3) is 11.5 Å². The number of aryl methyl sites for hydroxylation is 2. The van der Waals surface area contributed by atoms with Gasteiger partial charge in [-0.15, -0.1) is 0 Å². The van der Waals surface area contributed by atoms with Crippen molar-refractivity contribution in [3.63, 3.8) is 0 Å². The molecule has 0 atom stereocenters. The van der Waals surface area contributed by atoms with E-state index < -0.39 is 0 Å². The lowest BCUT2D eigenvalue weighted by atomic mass is 9.94. The Balaban J connectivity index is 1.46. The number of piperidine rings is 1. The Morgan fingerprint density at radius 1 is 1.02 bits per heavy atom. The molecule has 2 aromatic carbocycles. The van der Waals surface area contributed by atoms with Crippen LogP contribution in [0.3, 0.4) is 0 Å². The predicted molar refractivity (Wildman–Crippen MR) is 183 cm³/mol. The van der Waals surface area contributed by atoms with E-state index >= 15 is 0 Å². The topological polar surface area (TPSA) is 98.0 Å². The van der Waals surface area contributed by atoms with Crippen molar-refractivity contribution in [2.45, 2.75) is 59.7 Å². The van der Waals surface area contributed by atoms with Crippen LogP contribution in [0.1, 0.15) is 58.1 Å². The number of anilines is 1. The highest BCUT2D eigenvalue weighted by atomic mass is 16.5. The molecule has 2 aliphatic heterocycles. The number of amides is 2. The quantitative estimate of drug-likeness (QED) is 0.316. The SMILES string of the molecule is C=CC(=O)N1CCC(N(CC)c2cc(-c3ccc(CN4CCOCC4)cc3)cc(C(=O)NCc3c(C)cc(C)[nH]c3=O)c2C)CC1. The zero-order valence-electron chi connectivity index (χ0n) is 27.7. The van der Waals surface area contributed by atoms with Crippen molar-refractivity contribution in [1.29, 1.82) is 0 Å². The van der Waals surface area contributed by atoms with Crippen molar-refractivity contribution in [1.82, 2.24) is 20.1 Å². The number of carbonyl (C=O) groups is 2. The summed E-state index contributed by atoms with van der Waals surface area (Å²) in [5.41, 5.74) is 7.75. The lowest BCUT2D eigenvalue weighted by Gasteiger charge is -2.40. The second-order valence-electron chi connectivity index (χ2n) is 12.4. The fourth-order valence-electron chi connectivity index (χ4n) is 6.74. The van der Waals surface area contributed by atoms with Gasteiger partial charge in [-0.05, 0) is 92.6 Å². The van der Waals surface area contributed by atoms with Gasteiger partial charge in [0, 0.05) is 74.4 Å². The van der Waals surface area contributed by atoms with Gasteiger partial charge < -0.3 is 24.8 Å². The zero-order valence-corrected chi connectivity index (χ0v) is 27.7. The molecule has 2 aliphatic rings. The Morgan fingerprint density at radius 2 is 1.72 bits per heavy atom. The number of aromatic nitrogens is 1. The summed E-state index contributed by atoms with van der Waals surface area (Å²) in [7, 11) is 0. The van der Waals surface area contributed by atoms with E-state index in [-0.39, 0.29) is 30.0 Å². The molecule has 9 heteroatoms. The molecule has 2 saturated heterocycles. The van der Waals surface area contributed by atoms with Crippen molar-refractivity contribution < 1.29 is 14.3 Å². The molecule has 1 aromatic heterocycles. The minimum Gasteiger partial charge on any atom is -0.379 e. The third kappa shape index (κ3) is 7.59. The molecular weight excluding hydrogens is 578 g/mol. The lowest BCUT2D eigenvalue weighted by molar-refractivity contribution is -0.127. The number of morpholine rings is 1. The summed E-state index contributed by atoms with van der Waals surface area (Å²) in [6.07, 6.45) is 3.06. The van der Waals surface area contributed by atoms with Crippen LogP contribution in [0.4, 0.5) is 5.69 Å². The van der Waals surface area contributed by atoms with Gasteiger partial charge in [-0.25, -0.2) is 0 Å². The lowest BCUT2D eigenvalue weighted by Crippen LogP contribution is -2.46. The number of H-pyrrole nitrogens is 1. The van der Waals surface area contributed by atoms with Gasteiger partial charge in [0.1, 0.15) is 0 Å². The summed E-state index contributed by atoms with van der Waals surface area (Å²) >= 11 is 0. The summed E-state index contributed by atoms with van der Waals surface area (Å²) < 4.78 is 5.50. The van der Waals surface area contributed by atoms with E-state index in [1.54, 1.807) is 0 Å². The number of aromatic amines is 1. The van der Waals surface area contributed by atoms with Gasteiger partial charge in [0.2, 0.25) is 5.91 Å². The van der Waals surface area contributed by atoms with E-state index in [4.69, 9.17) is 4.74 Å². The first kappa shape index (κ1) is 33.2. The molecule has 0 spiro atoms. The van der Waals surface area contributed by atoms with Gasteiger partial charge in [-0.1, -0.05) is 30.8 Å². The highest BCUT2D eigenvalue weighted by molar-refractivity contribution is 5.99. The maximum absolute atomic E-state index is 13.9. The second-order valence-corrected chi connectivity index (χ2v) is 12.4. The molecule has 0 bridgehead atoms. The molecule has 0 radical (unpaired) electrons. The predicted octanol–water partition coefficient (Wildman–Crippen LogP) is 4.73. The molecule has 5 rings (SSSR count). The van der Waals surface area contributed by atoms with E-state index in [0.29, 0.717) is 24.2 Å². The highest BCUT2D eigenvalue weighted by Gasteiger charge is 2.28. The third-order valence-electron chi connectivity index (χ3n) is 9.38. The minimum absolute atomic E-state index is 0.0293. The summed E-state index contributed by atoms with van der Waals surface area (Å²) in [5, 5.41) is 3.03. The van der Waals surface area contributed by atoms with Crippen LogP contribution in [0.15, 0.2) is 59.9 Å². The van der Waals surface area contributed by atoms with Crippen LogP contribution in [-0.4, -0.2) is 78.6 Å². The van der Waals surface area contributed by atoms with Crippen molar-refractivity contribution >= 4 is 17.5 Å². The van der Waals surface area contributed by atoms with Crippen molar-refractivity contribution in [2.75, 3.05) is 50.8 Å². The molecule has 2 N–H and O–H groups in total. The van der Waals surface area contributed by atoms with E-state index in [0.717, 1.165) is 85.9 Å². The summed E-state index contributed by atoms with van der Waals surface area (Å²) in [6, 6.07) is 14.9. The Labute approximate surface area is 272 Å². The number of pyridine rings is 1. The second kappa shape index (κ2) is 14.9. The zero-order chi connectivity index (χ0) is 32.8. The number of rotatable bonds is 10. The Bertz CT molecular complexity index is 1620. The number of benzene rings is 2. The van der Waals surface area contributed by atoms with Crippen LogP contribution >= 0.6 is 0 Å². The molecule has 3 heterocycles. The van der Waals surface area contributed by atoms with E-state index in [1.807, 2.05) is 37.8 Å². The van der Waals surface area contributed by atoms with Crippen molar-refractivity contribution in [2.24, 2.45) is 0 Å². The first-order valence-corrected chi connectivity index (χ1v) is 16.4. The molecule has 9 nitrogen and oxygen atoms in total.